The zero-order valence-corrected chi connectivity index (χ0v) is 15.2. The van der Waals surface area contributed by atoms with E-state index in [1.165, 1.54) is 4.90 Å². The molecule has 0 saturated carbocycles. The molecule has 25 heavy (non-hydrogen) atoms. The third-order valence-corrected chi connectivity index (χ3v) is 5.19. The molecule has 2 aromatic rings. The smallest absolute Gasteiger partial charge is 0.227 e. The number of nitrogens with one attached hydrogen (secondary N) is 1. The summed E-state index contributed by atoms with van der Waals surface area (Å²) in [5.41, 5.74) is 1.57. The van der Waals surface area contributed by atoms with Gasteiger partial charge in [0.1, 0.15) is 0 Å². The molecule has 0 bridgehead atoms. The summed E-state index contributed by atoms with van der Waals surface area (Å²) >= 11 is 12.2. The molecule has 130 valence electrons. The number of halogens is 2. The largest absolute Gasteiger partial charge is 0.349 e. The van der Waals surface area contributed by atoms with E-state index in [0.29, 0.717) is 22.3 Å². The summed E-state index contributed by atoms with van der Waals surface area (Å²) < 4.78 is 0. The lowest BCUT2D eigenvalue weighted by Crippen LogP contribution is -2.34. The Hall–Kier alpha value is -2.04. The van der Waals surface area contributed by atoms with Gasteiger partial charge in [-0.3, -0.25) is 9.59 Å². The third-order valence-electron chi connectivity index (χ3n) is 4.38. The second-order valence-corrected chi connectivity index (χ2v) is 6.90. The van der Waals surface area contributed by atoms with Gasteiger partial charge in [0.25, 0.3) is 0 Å². The Morgan fingerprint density at radius 2 is 1.88 bits per heavy atom. The minimum atomic E-state index is -0.409. The molecule has 6 heteroatoms. The van der Waals surface area contributed by atoms with Gasteiger partial charge in [0.15, 0.2) is 0 Å². The molecule has 0 radical (unpaired) electrons. The summed E-state index contributed by atoms with van der Waals surface area (Å²) in [6.45, 7) is 2.22. The van der Waals surface area contributed by atoms with E-state index in [4.69, 9.17) is 23.2 Å². The standard InChI is InChI=1S/C19H18Cl2N2O2/c1-12(13-6-3-2-4-7-13)22-19(25)14-10-17(24)23(11-14)16-9-5-8-15(20)18(16)21/h2-9,12,14H,10-11H2,1H3,(H,22,25)/t12-,14+/m1/s1. The van der Waals surface area contributed by atoms with Gasteiger partial charge in [-0.15, -0.1) is 0 Å². The first kappa shape index (κ1) is 17.8. The number of benzene rings is 2. The van der Waals surface area contributed by atoms with Crippen molar-refractivity contribution in [3.63, 3.8) is 0 Å². The minimum absolute atomic E-state index is 0.118. The Morgan fingerprint density at radius 1 is 1.16 bits per heavy atom. The molecule has 1 N–H and O–H groups in total. The van der Waals surface area contributed by atoms with E-state index >= 15 is 0 Å². The summed E-state index contributed by atoms with van der Waals surface area (Å²) in [4.78, 5) is 26.4. The number of hydrogen-bond acceptors (Lipinski definition) is 2. The van der Waals surface area contributed by atoms with Crippen LogP contribution in [0.1, 0.15) is 24.9 Å². The van der Waals surface area contributed by atoms with E-state index in [1.807, 2.05) is 37.3 Å². The highest BCUT2D eigenvalue weighted by atomic mass is 35.5. The van der Waals surface area contributed by atoms with Crippen molar-refractivity contribution in [2.75, 3.05) is 11.4 Å². The number of amides is 2. The Kier molecular flexibility index (Phi) is 5.30. The topological polar surface area (TPSA) is 49.4 Å². The van der Waals surface area contributed by atoms with Crippen molar-refractivity contribution in [2.24, 2.45) is 5.92 Å². The van der Waals surface area contributed by atoms with Crippen LogP contribution in [-0.4, -0.2) is 18.4 Å². The van der Waals surface area contributed by atoms with Gasteiger partial charge in [0, 0.05) is 13.0 Å². The number of anilines is 1. The van der Waals surface area contributed by atoms with Gasteiger partial charge in [-0.2, -0.15) is 0 Å². The van der Waals surface area contributed by atoms with Crippen LogP contribution in [0.2, 0.25) is 10.0 Å². The average Bonchev–Trinajstić information content (AvgIpc) is 3.00. The van der Waals surface area contributed by atoms with Crippen molar-refractivity contribution in [2.45, 2.75) is 19.4 Å². The van der Waals surface area contributed by atoms with E-state index in [9.17, 15) is 9.59 Å². The molecule has 2 atom stereocenters. The lowest BCUT2D eigenvalue weighted by atomic mass is 10.1. The van der Waals surface area contributed by atoms with Crippen molar-refractivity contribution >= 4 is 40.7 Å². The summed E-state index contributed by atoms with van der Waals surface area (Å²) in [7, 11) is 0. The van der Waals surface area contributed by atoms with Crippen LogP contribution in [0.5, 0.6) is 0 Å². The fourth-order valence-corrected chi connectivity index (χ4v) is 3.37. The molecule has 1 aliphatic heterocycles. The third kappa shape index (κ3) is 3.80. The predicted octanol–water partition coefficient (Wildman–Crippen LogP) is 4.22. The summed E-state index contributed by atoms with van der Waals surface area (Å²) in [6.07, 6.45) is 0.163. The molecule has 1 saturated heterocycles. The van der Waals surface area contributed by atoms with Gasteiger partial charge in [-0.1, -0.05) is 59.6 Å². The summed E-state index contributed by atoms with van der Waals surface area (Å²) in [6, 6.07) is 14.7. The SMILES string of the molecule is C[C@@H](NC(=O)[C@H]1CC(=O)N(c2cccc(Cl)c2Cl)C1)c1ccccc1. The molecule has 1 heterocycles. The second-order valence-electron chi connectivity index (χ2n) is 6.12. The quantitative estimate of drug-likeness (QED) is 0.867. The van der Waals surface area contributed by atoms with Gasteiger partial charge in [-0.05, 0) is 24.6 Å². The zero-order chi connectivity index (χ0) is 18.0. The fourth-order valence-electron chi connectivity index (χ4n) is 2.97. The van der Waals surface area contributed by atoms with Gasteiger partial charge >= 0.3 is 0 Å². The first-order valence-corrected chi connectivity index (χ1v) is 8.82. The molecule has 1 aliphatic rings. The summed E-state index contributed by atoms with van der Waals surface area (Å²) in [5.74, 6) is -0.671. The number of carbonyl (C=O) groups is 2. The van der Waals surface area contributed by atoms with Crippen LogP contribution in [0.25, 0.3) is 0 Å². The molecule has 2 amide bonds. The molecule has 4 nitrogen and oxygen atoms in total. The molecule has 0 spiro atoms. The van der Waals surface area contributed by atoms with Crippen molar-refractivity contribution < 1.29 is 9.59 Å². The van der Waals surface area contributed by atoms with Crippen molar-refractivity contribution in [1.82, 2.24) is 5.32 Å². The maximum atomic E-state index is 12.6. The van der Waals surface area contributed by atoms with Crippen LogP contribution in [0.4, 0.5) is 5.69 Å². The van der Waals surface area contributed by atoms with Gasteiger partial charge in [0.05, 0.1) is 27.7 Å². The Morgan fingerprint density at radius 3 is 2.60 bits per heavy atom. The van der Waals surface area contributed by atoms with Gasteiger partial charge in [0.2, 0.25) is 11.8 Å². The van der Waals surface area contributed by atoms with E-state index in [-0.39, 0.29) is 24.3 Å². The highest BCUT2D eigenvalue weighted by Gasteiger charge is 2.36. The molecule has 1 fully saturated rings. The maximum Gasteiger partial charge on any atom is 0.227 e. The molecule has 0 unspecified atom stereocenters. The first-order valence-electron chi connectivity index (χ1n) is 8.07. The molecular weight excluding hydrogens is 359 g/mol. The normalized spacial score (nSPS) is 18.3. The fraction of sp³-hybridized carbons (Fsp3) is 0.263. The lowest BCUT2D eigenvalue weighted by Gasteiger charge is -2.20. The molecule has 0 aromatic heterocycles. The number of carbonyl (C=O) groups excluding carboxylic acids is 2. The van der Waals surface area contributed by atoms with Crippen molar-refractivity contribution in [1.29, 1.82) is 0 Å². The Labute approximate surface area is 156 Å². The predicted molar refractivity (Wildman–Crippen MR) is 99.9 cm³/mol. The van der Waals surface area contributed by atoms with E-state index < -0.39 is 5.92 Å². The minimum Gasteiger partial charge on any atom is -0.349 e. The number of nitrogens with zero attached hydrogens (tertiary/aromatic N) is 1. The molecule has 3 rings (SSSR count). The van der Waals surface area contributed by atoms with E-state index in [0.717, 1.165) is 5.56 Å². The molecular formula is C19H18Cl2N2O2. The van der Waals surface area contributed by atoms with E-state index in [1.54, 1.807) is 18.2 Å². The van der Waals surface area contributed by atoms with Gasteiger partial charge in [-0.25, -0.2) is 0 Å². The molecule has 2 aromatic carbocycles. The summed E-state index contributed by atoms with van der Waals surface area (Å²) in [5, 5.41) is 3.70. The molecule has 0 aliphatic carbocycles. The van der Waals surface area contributed by atoms with Crippen molar-refractivity contribution in [3.8, 4) is 0 Å². The zero-order valence-electron chi connectivity index (χ0n) is 13.7. The van der Waals surface area contributed by atoms with E-state index in [2.05, 4.69) is 5.32 Å². The highest BCUT2D eigenvalue weighted by molar-refractivity contribution is 6.44. The highest BCUT2D eigenvalue weighted by Crippen LogP contribution is 2.35. The lowest BCUT2D eigenvalue weighted by molar-refractivity contribution is -0.126. The number of rotatable bonds is 4. The maximum absolute atomic E-state index is 12.6. The van der Waals surface area contributed by atoms with Crippen LogP contribution in [0.3, 0.4) is 0 Å². The average molecular weight is 377 g/mol. The van der Waals surface area contributed by atoms with Crippen molar-refractivity contribution in [3.05, 3.63) is 64.1 Å². The Bertz CT molecular complexity index is 795. The van der Waals surface area contributed by atoms with Crippen LogP contribution in [0.15, 0.2) is 48.5 Å². The first-order chi connectivity index (χ1) is 12.0. The number of hydrogen-bond donors (Lipinski definition) is 1. The van der Waals surface area contributed by atoms with Crippen LogP contribution < -0.4 is 10.2 Å². The van der Waals surface area contributed by atoms with Crippen LogP contribution in [0, 0.1) is 5.92 Å². The second kappa shape index (κ2) is 7.46. The Balaban J connectivity index is 1.70. The van der Waals surface area contributed by atoms with Gasteiger partial charge < -0.3 is 10.2 Å². The monoisotopic (exact) mass is 376 g/mol. The van der Waals surface area contributed by atoms with Crippen LogP contribution in [-0.2, 0) is 9.59 Å². The van der Waals surface area contributed by atoms with Crippen LogP contribution >= 0.6 is 23.2 Å².